The fourth-order valence-electron chi connectivity index (χ4n) is 2.97. The predicted octanol–water partition coefficient (Wildman–Crippen LogP) is 2.66. The monoisotopic (exact) mass is 401 g/mol. The lowest BCUT2D eigenvalue weighted by atomic mass is 10.0. The van der Waals surface area contributed by atoms with Gasteiger partial charge in [-0.25, -0.2) is 15.0 Å². The summed E-state index contributed by atoms with van der Waals surface area (Å²) < 4.78 is 38.3. The minimum absolute atomic E-state index is 0.0441. The Balaban J connectivity index is 1.58. The molecule has 1 aromatic carbocycles. The highest BCUT2D eigenvalue weighted by atomic mass is 19.4. The number of aromatic amines is 1. The van der Waals surface area contributed by atoms with Crippen LogP contribution in [0.4, 0.5) is 13.2 Å². The Labute approximate surface area is 162 Å². The quantitative estimate of drug-likeness (QED) is 0.700. The van der Waals surface area contributed by atoms with E-state index in [1.54, 1.807) is 6.07 Å². The van der Waals surface area contributed by atoms with Crippen LogP contribution < -0.4 is 10.9 Å². The highest BCUT2D eigenvalue weighted by Crippen LogP contribution is 2.46. The van der Waals surface area contributed by atoms with Crippen molar-refractivity contribution in [2.45, 2.75) is 24.6 Å². The number of hydrogen-bond acceptors (Lipinski definition) is 5. The average molecular weight is 401 g/mol. The molecule has 3 aromatic rings. The van der Waals surface area contributed by atoms with E-state index >= 15 is 0 Å². The van der Waals surface area contributed by atoms with Gasteiger partial charge in [-0.3, -0.25) is 9.59 Å². The fraction of sp³-hybridized carbons (Fsp3) is 0.211. The number of benzene rings is 1. The number of halogens is 3. The Morgan fingerprint density at radius 3 is 2.34 bits per heavy atom. The van der Waals surface area contributed by atoms with Crippen LogP contribution >= 0.6 is 0 Å². The summed E-state index contributed by atoms with van der Waals surface area (Å²) in [7, 11) is 0. The summed E-state index contributed by atoms with van der Waals surface area (Å²) in [6.45, 7) is 0. The maximum Gasteiger partial charge on any atom is 0.416 e. The van der Waals surface area contributed by atoms with E-state index in [0.717, 1.165) is 18.2 Å². The minimum Gasteiger partial charge on any atom is -0.341 e. The van der Waals surface area contributed by atoms with Gasteiger partial charge in [0.15, 0.2) is 11.6 Å². The van der Waals surface area contributed by atoms with Crippen LogP contribution in [-0.2, 0) is 11.7 Å². The Morgan fingerprint density at radius 2 is 1.76 bits per heavy atom. The highest BCUT2D eigenvalue weighted by Gasteiger charge is 2.46. The van der Waals surface area contributed by atoms with E-state index in [1.807, 2.05) is 0 Å². The van der Waals surface area contributed by atoms with Crippen LogP contribution in [0.5, 0.6) is 0 Å². The van der Waals surface area contributed by atoms with Gasteiger partial charge in [-0.1, -0.05) is 12.1 Å². The molecule has 1 aliphatic carbocycles. The van der Waals surface area contributed by atoms with Gasteiger partial charge in [0, 0.05) is 18.5 Å². The van der Waals surface area contributed by atoms with E-state index in [2.05, 4.69) is 25.3 Å². The first-order chi connectivity index (χ1) is 13.8. The van der Waals surface area contributed by atoms with E-state index < -0.39 is 28.7 Å². The second kappa shape index (κ2) is 6.80. The van der Waals surface area contributed by atoms with Crippen LogP contribution in [0, 0.1) is 0 Å². The summed E-state index contributed by atoms with van der Waals surface area (Å²) in [6, 6.07) is 7.31. The van der Waals surface area contributed by atoms with Gasteiger partial charge in [0.25, 0.3) is 11.5 Å². The summed E-state index contributed by atoms with van der Waals surface area (Å²) in [6.07, 6.45) is -0.342. The normalized spacial score (nSPS) is 15.0. The third-order valence-corrected chi connectivity index (χ3v) is 4.62. The molecule has 7 nitrogen and oxygen atoms in total. The van der Waals surface area contributed by atoms with Crippen LogP contribution in [0.15, 0.2) is 53.6 Å². The van der Waals surface area contributed by atoms with E-state index in [-0.39, 0.29) is 17.3 Å². The second-order valence-electron chi connectivity index (χ2n) is 6.66. The van der Waals surface area contributed by atoms with Crippen LogP contribution in [0.25, 0.3) is 11.6 Å². The summed E-state index contributed by atoms with van der Waals surface area (Å²) in [4.78, 5) is 39.2. The van der Waals surface area contributed by atoms with Crippen LogP contribution in [0.2, 0.25) is 0 Å². The number of nitrogens with zero attached hydrogens (tertiary/aromatic N) is 3. The Bertz CT molecular complexity index is 1110. The van der Waals surface area contributed by atoms with Crippen molar-refractivity contribution < 1.29 is 18.0 Å². The van der Waals surface area contributed by atoms with E-state index in [4.69, 9.17) is 0 Å². The molecule has 0 bridgehead atoms. The summed E-state index contributed by atoms with van der Waals surface area (Å²) in [5.74, 6) is -0.406. The van der Waals surface area contributed by atoms with Crippen LogP contribution in [-0.4, -0.2) is 25.8 Å². The summed E-state index contributed by atoms with van der Waals surface area (Å²) in [5, 5.41) is 2.79. The smallest absolute Gasteiger partial charge is 0.341 e. The molecule has 2 N–H and O–H groups in total. The molecular formula is C19H14F3N5O2. The van der Waals surface area contributed by atoms with Gasteiger partial charge in [-0.2, -0.15) is 13.2 Å². The zero-order valence-electron chi connectivity index (χ0n) is 14.8. The number of carbonyl (C=O) groups is 1. The Morgan fingerprint density at radius 1 is 1.10 bits per heavy atom. The van der Waals surface area contributed by atoms with Gasteiger partial charge in [0.1, 0.15) is 5.69 Å². The lowest BCUT2D eigenvalue weighted by Crippen LogP contribution is -2.36. The second-order valence-corrected chi connectivity index (χ2v) is 6.66. The van der Waals surface area contributed by atoms with Gasteiger partial charge < -0.3 is 10.3 Å². The molecule has 0 unspecified atom stereocenters. The molecule has 1 amide bonds. The molecule has 0 spiro atoms. The first kappa shape index (κ1) is 18.8. The number of H-pyrrole nitrogens is 1. The van der Waals surface area contributed by atoms with Gasteiger partial charge in [0.2, 0.25) is 0 Å². The third kappa shape index (κ3) is 3.86. The largest absolute Gasteiger partial charge is 0.416 e. The number of hydrogen-bond donors (Lipinski definition) is 2. The van der Waals surface area contributed by atoms with E-state index in [9.17, 15) is 22.8 Å². The molecule has 4 rings (SSSR count). The SMILES string of the molecule is O=C(NC1(c2ccc(C(F)(F)F)cc2)CC1)c1cc(=O)[nH]c(-c2ncccn2)n1. The maximum absolute atomic E-state index is 12.8. The minimum atomic E-state index is -4.43. The third-order valence-electron chi connectivity index (χ3n) is 4.62. The molecule has 29 heavy (non-hydrogen) atoms. The van der Waals surface area contributed by atoms with Crippen molar-refractivity contribution in [2.24, 2.45) is 0 Å². The van der Waals surface area contributed by atoms with Crippen LogP contribution in [0.3, 0.4) is 0 Å². The first-order valence-corrected chi connectivity index (χ1v) is 8.66. The fourth-order valence-corrected chi connectivity index (χ4v) is 2.97. The van der Waals surface area contributed by atoms with Crippen molar-refractivity contribution in [1.82, 2.24) is 25.3 Å². The lowest BCUT2D eigenvalue weighted by molar-refractivity contribution is -0.137. The maximum atomic E-state index is 12.8. The van der Waals surface area contributed by atoms with Gasteiger partial charge in [0.05, 0.1) is 11.1 Å². The van der Waals surface area contributed by atoms with E-state index in [0.29, 0.717) is 18.4 Å². The van der Waals surface area contributed by atoms with E-state index in [1.165, 1.54) is 24.5 Å². The Hall–Kier alpha value is -3.56. The molecule has 0 radical (unpaired) electrons. The molecule has 10 heteroatoms. The van der Waals surface area contributed by atoms with Crippen molar-refractivity contribution >= 4 is 5.91 Å². The van der Waals surface area contributed by atoms with Crippen molar-refractivity contribution in [2.75, 3.05) is 0 Å². The average Bonchev–Trinajstić information content (AvgIpc) is 3.48. The van der Waals surface area contributed by atoms with Crippen molar-refractivity contribution in [3.05, 3.63) is 76.0 Å². The summed E-state index contributed by atoms with van der Waals surface area (Å²) in [5.41, 5.74) is -1.64. The molecule has 1 aliphatic rings. The predicted molar refractivity (Wildman–Crippen MR) is 95.7 cm³/mol. The number of aromatic nitrogens is 4. The number of amides is 1. The highest BCUT2D eigenvalue weighted by molar-refractivity contribution is 5.93. The molecule has 1 fully saturated rings. The molecule has 0 saturated heterocycles. The molecule has 1 saturated carbocycles. The van der Waals surface area contributed by atoms with Crippen LogP contribution in [0.1, 0.15) is 34.5 Å². The molecule has 148 valence electrons. The standard InChI is InChI=1S/C19H14F3N5O2/c20-19(21,22)12-4-2-11(3-5-12)18(6-7-18)27-17(29)13-10-14(28)26-16(25-13)15-23-8-1-9-24-15/h1-5,8-10H,6-7H2,(H,27,29)(H,25,26,28). The van der Waals surface area contributed by atoms with Crippen molar-refractivity contribution in [3.63, 3.8) is 0 Å². The summed E-state index contributed by atoms with van der Waals surface area (Å²) >= 11 is 0. The first-order valence-electron chi connectivity index (χ1n) is 8.66. The number of alkyl halides is 3. The molecule has 0 atom stereocenters. The molecule has 0 aliphatic heterocycles. The lowest BCUT2D eigenvalue weighted by Gasteiger charge is -2.18. The van der Waals surface area contributed by atoms with Gasteiger partial charge in [-0.15, -0.1) is 0 Å². The number of nitrogens with one attached hydrogen (secondary N) is 2. The molecule has 2 aromatic heterocycles. The van der Waals surface area contributed by atoms with Crippen molar-refractivity contribution in [1.29, 1.82) is 0 Å². The number of carbonyl (C=O) groups excluding carboxylic acids is 1. The number of rotatable bonds is 4. The topological polar surface area (TPSA) is 101 Å². The zero-order valence-corrected chi connectivity index (χ0v) is 14.8. The zero-order chi connectivity index (χ0) is 20.6. The molecule has 2 heterocycles. The molecular weight excluding hydrogens is 387 g/mol. The van der Waals surface area contributed by atoms with Crippen molar-refractivity contribution in [3.8, 4) is 11.6 Å². The van der Waals surface area contributed by atoms with Gasteiger partial charge >= 0.3 is 6.18 Å². The van der Waals surface area contributed by atoms with Gasteiger partial charge in [-0.05, 0) is 36.6 Å². The Kier molecular flexibility index (Phi) is 4.40.